The first-order valence-corrected chi connectivity index (χ1v) is 4.30. The zero-order chi connectivity index (χ0) is 8.81. The van der Waals surface area contributed by atoms with Gasteiger partial charge in [-0.2, -0.15) is 0 Å². The average Bonchev–Trinajstić information content (AvgIpc) is 2.57. The van der Waals surface area contributed by atoms with Crippen LogP contribution in [-0.4, -0.2) is 23.3 Å². The number of carbonyl (C=O) groups excluding carboxylic acids is 1. The van der Waals surface area contributed by atoms with Gasteiger partial charge in [0.25, 0.3) is 0 Å². The van der Waals surface area contributed by atoms with Gasteiger partial charge in [0.2, 0.25) is 5.91 Å². The van der Waals surface area contributed by atoms with Gasteiger partial charge in [0.15, 0.2) is 0 Å². The molecule has 1 aromatic rings. The van der Waals surface area contributed by atoms with E-state index in [-0.39, 0.29) is 11.8 Å². The molecule has 0 bridgehead atoms. The summed E-state index contributed by atoms with van der Waals surface area (Å²) in [5.41, 5.74) is 1.19. The third-order valence-corrected chi connectivity index (χ3v) is 1.76. The molecule has 0 saturated heterocycles. The van der Waals surface area contributed by atoms with Crippen molar-refractivity contribution in [3.63, 3.8) is 0 Å². The van der Waals surface area contributed by atoms with E-state index in [9.17, 15) is 4.79 Å². The van der Waals surface area contributed by atoms with Crippen molar-refractivity contribution in [3.05, 3.63) is 24.0 Å². The summed E-state index contributed by atoms with van der Waals surface area (Å²) in [7, 11) is 0. The highest BCUT2D eigenvalue weighted by Crippen LogP contribution is 1.95. The number of hydrogen-bond donors (Lipinski definition) is 2. The topological polar surface area (TPSA) is 44.9 Å². The maximum Gasteiger partial charge on any atom is 0.234 e. The molecule has 0 radical (unpaired) electrons. The summed E-state index contributed by atoms with van der Waals surface area (Å²) in [5.74, 6) is -0.0835. The van der Waals surface area contributed by atoms with Gasteiger partial charge in [-0.3, -0.25) is 4.79 Å². The lowest BCUT2D eigenvalue weighted by molar-refractivity contribution is -0.118. The van der Waals surface area contributed by atoms with Crippen molar-refractivity contribution >= 4 is 17.5 Å². The number of amides is 1. The van der Waals surface area contributed by atoms with Crippen LogP contribution in [0.1, 0.15) is 5.56 Å². The molecule has 0 spiro atoms. The molecule has 3 nitrogen and oxygen atoms in total. The van der Waals surface area contributed by atoms with Gasteiger partial charge in [-0.1, -0.05) is 0 Å². The van der Waals surface area contributed by atoms with Gasteiger partial charge in [0.05, 0.1) is 0 Å². The Hall–Kier alpha value is -0.960. The number of H-pyrrole nitrogens is 1. The Morgan fingerprint density at radius 2 is 2.50 bits per heavy atom. The standard InChI is InChI=1S/C8H11ClN2O/c9-5-8(12)11-4-2-7-1-3-10-6-7/h1,3,6,10H,2,4-5H2,(H,11,12). The highest BCUT2D eigenvalue weighted by Gasteiger charge is 1.97. The lowest BCUT2D eigenvalue weighted by Crippen LogP contribution is -2.26. The van der Waals surface area contributed by atoms with Crippen molar-refractivity contribution in [1.29, 1.82) is 0 Å². The summed E-state index contributed by atoms with van der Waals surface area (Å²) in [4.78, 5) is 13.6. The van der Waals surface area contributed by atoms with Crippen LogP contribution in [0.2, 0.25) is 0 Å². The van der Waals surface area contributed by atoms with Crippen molar-refractivity contribution in [2.75, 3.05) is 12.4 Å². The van der Waals surface area contributed by atoms with E-state index in [0.29, 0.717) is 6.54 Å². The highest BCUT2D eigenvalue weighted by molar-refractivity contribution is 6.27. The molecule has 2 N–H and O–H groups in total. The van der Waals surface area contributed by atoms with Gasteiger partial charge in [-0.25, -0.2) is 0 Å². The van der Waals surface area contributed by atoms with Crippen molar-refractivity contribution in [2.24, 2.45) is 0 Å². The van der Waals surface area contributed by atoms with Gasteiger partial charge in [-0.05, 0) is 18.1 Å². The van der Waals surface area contributed by atoms with E-state index in [1.165, 1.54) is 5.56 Å². The van der Waals surface area contributed by atoms with E-state index < -0.39 is 0 Å². The predicted octanol–water partition coefficient (Wildman–Crippen LogP) is 0.912. The summed E-state index contributed by atoms with van der Waals surface area (Å²) < 4.78 is 0. The molecule has 0 aliphatic carbocycles. The van der Waals surface area contributed by atoms with Crippen LogP contribution in [0.25, 0.3) is 0 Å². The second-order valence-electron chi connectivity index (χ2n) is 2.45. The first-order valence-electron chi connectivity index (χ1n) is 3.77. The molecule has 0 atom stereocenters. The van der Waals surface area contributed by atoms with E-state index in [0.717, 1.165) is 6.42 Å². The minimum Gasteiger partial charge on any atom is -0.367 e. The lowest BCUT2D eigenvalue weighted by atomic mass is 10.2. The summed E-state index contributed by atoms with van der Waals surface area (Å²) in [6.07, 6.45) is 4.61. The van der Waals surface area contributed by atoms with Gasteiger partial charge >= 0.3 is 0 Å². The summed E-state index contributed by atoms with van der Waals surface area (Å²) >= 11 is 5.29. The minimum atomic E-state index is -0.118. The zero-order valence-corrected chi connectivity index (χ0v) is 7.40. The SMILES string of the molecule is O=C(CCl)NCCc1cc[nH]c1. The third kappa shape index (κ3) is 2.96. The van der Waals surface area contributed by atoms with Gasteiger partial charge in [-0.15, -0.1) is 11.6 Å². The van der Waals surface area contributed by atoms with Crippen molar-refractivity contribution in [1.82, 2.24) is 10.3 Å². The first-order chi connectivity index (χ1) is 5.83. The van der Waals surface area contributed by atoms with Crippen LogP contribution in [0.15, 0.2) is 18.5 Å². The van der Waals surface area contributed by atoms with Gasteiger partial charge < -0.3 is 10.3 Å². The zero-order valence-electron chi connectivity index (χ0n) is 6.64. The molecule has 0 aliphatic rings. The number of aromatic nitrogens is 1. The van der Waals surface area contributed by atoms with Crippen LogP contribution in [0.3, 0.4) is 0 Å². The molecular weight excluding hydrogens is 176 g/mol. The molecule has 0 saturated carbocycles. The Kier molecular flexibility index (Phi) is 3.67. The second-order valence-corrected chi connectivity index (χ2v) is 2.72. The molecule has 0 aliphatic heterocycles. The van der Waals surface area contributed by atoms with Crippen LogP contribution in [0.5, 0.6) is 0 Å². The molecule has 1 rings (SSSR count). The average molecular weight is 187 g/mol. The van der Waals surface area contributed by atoms with Crippen molar-refractivity contribution in [3.8, 4) is 0 Å². The first kappa shape index (κ1) is 9.13. The monoisotopic (exact) mass is 186 g/mol. The summed E-state index contributed by atoms with van der Waals surface area (Å²) in [6.45, 7) is 0.642. The van der Waals surface area contributed by atoms with E-state index in [1.54, 1.807) is 0 Å². The molecule has 1 aromatic heterocycles. The minimum absolute atomic E-state index is 0.0349. The van der Waals surface area contributed by atoms with Gasteiger partial charge in [0, 0.05) is 18.9 Å². The van der Waals surface area contributed by atoms with Crippen LogP contribution < -0.4 is 5.32 Å². The molecule has 0 fully saturated rings. The van der Waals surface area contributed by atoms with Crippen molar-refractivity contribution < 1.29 is 4.79 Å². The van der Waals surface area contributed by atoms with E-state index >= 15 is 0 Å². The second kappa shape index (κ2) is 4.83. The molecule has 12 heavy (non-hydrogen) atoms. The lowest BCUT2D eigenvalue weighted by Gasteiger charge is -1.99. The Bertz CT molecular complexity index is 233. The van der Waals surface area contributed by atoms with E-state index in [4.69, 9.17) is 11.6 Å². The number of nitrogens with one attached hydrogen (secondary N) is 2. The molecule has 4 heteroatoms. The molecule has 66 valence electrons. The Morgan fingerprint density at radius 1 is 1.67 bits per heavy atom. The molecular formula is C8H11ClN2O. The fraction of sp³-hybridized carbons (Fsp3) is 0.375. The van der Waals surface area contributed by atoms with Crippen LogP contribution in [-0.2, 0) is 11.2 Å². The number of aromatic amines is 1. The van der Waals surface area contributed by atoms with Crippen molar-refractivity contribution in [2.45, 2.75) is 6.42 Å². The number of hydrogen-bond acceptors (Lipinski definition) is 1. The molecule has 1 heterocycles. The van der Waals surface area contributed by atoms with Crippen LogP contribution in [0.4, 0.5) is 0 Å². The van der Waals surface area contributed by atoms with Crippen LogP contribution >= 0.6 is 11.6 Å². The summed E-state index contributed by atoms with van der Waals surface area (Å²) in [6, 6.07) is 1.98. The normalized spacial score (nSPS) is 9.75. The maximum atomic E-state index is 10.7. The molecule has 0 unspecified atom stereocenters. The number of rotatable bonds is 4. The molecule has 0 aromatic carbocycles. The predicted molar refractivity (Wildman–Crippen MR) is 48.2 cm³/mol. The Labute approximate surface area is 76.1 Å². The van der Waals surface area contributed by atoms with E-state index in [2.05, 4.69) is 10.3 Å². The van der Waals surface area contributed by atoms with Crippen LogP contribution in [0, 0.1) is 0 Å². The quantitative estimate of drug-likeness (QED) is 0.675. The van der Waals surface area contributed by atoms with Gasteiger partial charge in [0.1, 0.15) is 5.88 Å². The Balaban J connectivity index is 2.15. The highest BCUT2D eigenvalue weighted by atomic mass is 35.5. The fourth-order valence-electron chi connectivity index (χ4n) is 0.907. The number of alkyl halides is 1. The van der Waals surface area contributed by atoms with E-state index in [1.807, 2.05) is 18.5 Å². The number of carbonyl (C=O) groups is 1. The third-order valence-electron chi connectivity index (χ3n) is 1.52. The molecule has 1 amide bonds. The smallest absolute Gasteiger partial charge is 0.234 e. The Morgan fingerprint density at radius 3 is 3.08 bits per heavy atom. The fourth-order valence-corrected chi connectivity index (χ4v) is 1.00. The maximum absolute atomic E-state index is 10.7. The summed E-state index contributed by atoms with van der Waals surface area (Å²) in [5, 5.41) is 2.69. The number of halogens is 1. The largest absolute Gasteiger partial charge is 0.367 e.